The predicted octanol–water partition coefficient (Wildman–Crippen LogP) is 2.76. The highest BCUT2D eigenvalue weighted by atomic mass is 35.5. The lowest BCUT2D eigenvalue weighted by molar-refractivity contribution is -0.148. The molecular weight excluding hydrogens is 236 g/mol. The first-order valence-corrected chi connectivity index (χ1v) is 6.50. The van der Waals surface area contributed by atoms with E-state index in [0.717, 1.165) is 36.6 Å². The molecule has 3 nitrogen and oxygen atoms in total. The predicted molar refractivity (Wildman–Crippen MR) is 69.7 cm³/mol. The Kier molecular flexibility index (Phi) is 4.40. The van der Waals surface area contributed by atoms with Crippen molar-refractivity contribution in [3.8, 4) is 0 Å². The molecule has 0 aromatic heterocycles. The van der Waals surface area contributed by atoms with Crippen LogP contribution in [0, 0.1) is 0 Å². The molecule has 17 heavy (non-hydrogen) atoms. The standard InChI is InChI=1S/C13H19ClN2O/c1-2-12(15)13(16-7-4-8-17-16)10-5-3-6-11(14)9-10/h3,5-6,9,12-13H,2,4,7-8,15H2,1H3. The van der Waals surface area contributed by atoms with E-state index >= 15 is 0 Å². The Morgan fingerprint density at radius 2 is 2.35 bits per heavy atom. The van der Waals surface area contributed by atoms with Crippen molar-refractivity contribution in [2.45, 2.75) is 31.8 Å². The highest BCUT2D eigenvalue weighted by Gasteiger charge is 2.29. The number of hydrogen-bond acceptors (Lipinski definition) is 3. The molecule has 1 heterocycles. The van der Waals surface area contributed by atoms with Gasteiger partial charge in [0, 0.05) is 17.6 Å². The summed E-state index contributed by atoms with van der Waals surface area (Å²) in [6.45, 7) is 3.82. The van der Waals surface area contributed by atoms with Crippen LogP contribution >= 0.6 is 11.6 Å². The number of nitrogens with zero attached hydrogens (tertiary/aromatic N) is 1. The van der Waals surface area contributed by atoms with E-state index in [4.69, 9.17) is 22.2 Å². The van der Waals surface area contributed by atoms with E-state index in [2.05, 4.69) is 13.0 Å². The average Bonchev–Trinajstić information content (AvgIpc) is 2.83. The molecule has 0 aliphatic carbocycles. The highest BCUT2D eigenvalue weighted by Crippen LogP contribution is 2.29. The van der Waals surface area contributed by atoms with Crippen LogP contribution in [0.1, 0.15) is 31.4 Å². The van der Waals surface area contributed by atoms with Gasteiger partial charge >= 0.3 is 0 Å². The Morgan fingerprint density at radius 1 is 1.53 bits per heavy atom. The molecule has 1 aliphatic heterocycles. The monoisotopic (exact) mass is 254 g/mol. The van der Waals surface area contributed by atoms with Crippen LogP contribution in [-0.4, -0.2) is 24.3 Å². The molecule has 0 bridgehead atoms. The minimum atomic E-state index is 0.0616. The third-order valence-corrected chi connectivity index (χ3v) is 3.39. The summed E-state index contributed by atoms with van der Waals surface area (Å²) in [4.78, 5) is 5.64. The highest BCUT2D eigenvalue weighted by molar-refractivity contribution is 6.30. The summed E-state index contributed by atoms with van der Waals surface area (Å²) in [6.07, 6.45) is 1.98. The van der Waals surface area contributed by atoms with Crippen LogP contribution in [0.3, 0.4) is 0 Å². The molecule has 0 radical (unpaired) electrons. The number of hydrogen-bond donors (Lipinski definition) is 1. The molecule has 0 amide bonds. The van der Waals surface area contributed by atoms with Crippen LogP contribution in [0.5, 0.6) is 0 Å². The van der Waals surface area contributed by atoms with Crippen molar-refractivity contribution in [2.24, 2.45) is 5.73 Å². The van der Waals surface area contributed by atoms with Crippen molar-refractivity contribution in [1.29, 1.82) is 0 Å². The zero-order chi connectivity index (χ0) is 12.3. The zero-order valence-electron chi connectivity index (χ0n) is 10.1. The average molecular weight is 255 g/mol. The largest absolute Gasteiger partial charge is 0.326 e. The molecular formula is C13H19ClN2O. The number of nitrogens with two attached hydrogens (primary N) is 1. The second kappa shape index (κ2) is 5.83. The molecule has 2 rings (SSSR count). The topological polar surface area (TPSA) is 38.5 Å². The molecule has 4 heteroatoms. The number of rotatable bonds is 4. The third-order valence-electron chi connectivity index (χ3n) is 3.16. The van der Waals surface area contributed by atoms with E-state index in [0.29, 0.717) is 0 Å². The van der Waals surface area contributed by atoms with Crippen molar-refractivity contribution in [3.63, 3.8) is 0 Å². The number of benzene rings is 1. The third kappa shape index (κ3) is 2.99. The normalized spacial score (nSPS) is 20.4. The lowest BCUT2D eigenvalue weighted by Gasteiger charge is -2.31. The molecule has 2 atom stereocenters. The lowest BCUT2D eigenvalue weighted by atomic mass is 9.97. The van der Waals surface area contributed by atoms with Crippen LogP contribution in [0.2, 0.25) is 5.02 Å². The molecule has 2 N–H and O–H groups in total. The second-order valence-corrected chi connectivity index (χ2v) is 4.84. The fourth-order valence-corrected chi connectivity index (χ4v) is 2.43. The Bertz CT molecular complexity index is 366. The van der Waals surface area contributed by atoms with Crippen molar-refractivity contribution >= 4 is 11.6 Å². The maximum Gasteiger partial charge on any atom is 0.0753 e. The van der Waals surface area contributed by atoms with Gasteiger partial charge in [-0.05, 0) is 30.5 Å². The van der Waals surface area contributed by atoms with E-state index in [1.54, 1.807) is 0 Å². The first-order valence-electron chi connectivity index (χ1n) is 6.13. The molecule has 1 aliphatic rings. The number of halogens is 1. The van der Waals surface area contributed by atoms with Crippen molar-refractivity contribution < 1.29 is 4.84 Å². The van der Waals surface area contributed by atoms with Crippen LogP contribution in [0.25, 0.3) is 0 Å². The van der Waals surface area contributed by atoms with Gasteiger partial charge in [0.15, 0.2) is 0 Å². The Labute approximate surface area is 107 Å². The molecule has 1 fully saturated rings. The maximum atomic E-state index is 6.21. The zero-order valence-corrected chi connectivity index (χ0v) is 10.9. The maximum absolute atomic E-state index is 6.21. The Hall–Kier alpha value is -0.610. The summed E-state index contributed by atoms with van der Waals surface area (Å²) < 4.78 is 0. The van der Waals surface area contributed by atoms with Gasteiger partial charge in [-0.3, -0.25) is 4.84 Å². The van der Waals surface area contributed by atoms with Gasteiger partial charge in [0.05, 0.1) is 12.6 Å². The molecule has 1 aromatic rings. The first-order chi connectivity index (χ1) is 8.22. The van der Waals surface area contributed by atoms with Gasteiger partial charge in [-0.25, -0.2) is 0 Å². The molecule has 2 unspecified atom stereocenters. The van der Waals surface area contributed by atoms with E-state index in [1.807, 2.05) is 23.3 Å². The van der Waals surface area contributed by atoms with Gasteiger partial charge in [0.25, 0.3) is 0 Å². The van der Waals surface area contributed by atoms with E-state index in [1.165, 1.54) is 0 Å². The Balaban J connectivity index is 2.25. The van der Waals surface area contributed by atoms with E-state index < -0.39 is 0 Å². The lowest BCUT2D eigenvalue weighted by Crippen LogP contribution is -2.38. The second-order valence-electron chi connectivity index (χ2n) is 4.40. The van der Waals surface area contributed by atoms with Gasteiger partial charge in [-0.2, -0.15) is 5.06 Å². The molecule has 0 saturated carbocycles. The minimum absolute atomic E-state index is 0.0616. The molecule has 1 aromatic carbocycles. The molecule has 0 spiro atoms. The molecule has 1 saturated heterocycles. The van der Waals surface area contributed by atoms with Gasteiger partial charge < -0.3 is 5.73 Å². The van der Waals surface area contributed by atoms with Gasteiger partial charge in [-0.15, -0.1) is 0 Å². The SMILES string of the molecule is CCC(N)C(c1cccc(Cl)c1)N1CCCO1. The van der Waals surface area contributed by atoms with Crippen LogP contribution in [0.4, 0.5) is 0 Å². The fourth-order valence-electron chi connectivity index (χ4n) is 2.23. The van der Waals surface area contributed by atoms with E-state index in [9.17, 15) is 0 Å². The molecule has 94 valence electrons. The van der Waals surface area contributed by atoms with Crippen LogP contribution < -0.4 is 5.73 Å². The Morgan fingerprint density at radius 3 is 2.94 bits per heavy atom. The first kappa shape index (κ1) is 12.8. The van der Waals surface area contributed by atoms with Gasteiger partial charge in [0.2, 0.25) is 0 Å². The summed E-state index contributed by atoms with van der Waals surface area (Å²) in [5.41, 5.74) is 7.35. The summed E-state index contributed by atoms with van der Waals surface area (Å²) in [5.74, 6) is 0. The summed E-state index contributed by atoms with van der Waals surface area (Å²) in [5, 5.41) is 2.75. The van der Waals surface area contributed by atoms with Gasteiger partial charge in [0.1, 0.15) is 0 Å². The smallest absolute Gasteiger partial charge is 0.0753 e. The quantitative estimate of drug-likeness (QED) is 0.898. The van der Waals surface area contributed by atoms with Crippen molar-refractivity contribution in [2.75, 3.05) is 13.2 Å². The van der Waals surface area contributed by atoms with Gasteiger partial charge in [-0.1, -0.05) is 30.7 Å². The summed E-state index contributed by atoms with van der Waals surface area (Å²) in [6, 6.07) is 8.04. The van der Waals surface area contributed by atoms with Crippen molar-refractivity contribution in [3.05, 3.63) is 34.9 Å². The van der Waals surface area contributed by atoms with Crippen LogP contribution in [0.15, 0.2) is 24.3 Å². The fraction of sp³-hybridized carbons (Fsp3) is 0.538. The van der Waals surface area contributed by atoms with E-state index in [-0.39, 0.29) is 12.1 Å². The van der Waals surface area contributed by atoms with Crippen molar-refractivity contribution in [1.82, 2.24) is 5.06 Å². The summed E-state index contributed by atoms with van der Waals surface area (Å²) >= 11 is 6.04. The van der Waals surface area contributed by atoms with Crippen LogP contribution in [-0.2, 0) is 4.84 Å². The number of hydroxylamine groups is 2. The minimum Gasteiger partial charge on any atom is -0.326 e. The summed E-state index contributed by atoms with van der Waals surface area (Å²) in [7, 11) is 0.